The van der Waals surface area contributed by atoms with Crippen LogP contribution < -0.4 is 5.32 Å². The first-order chi connectivity index (χ1) is 10.3. The van der Waals surface area contributed by atoms with Crippen LogP contribution in [0.15, 0.2) is 24.3 Å². The van der Waals surface area contributed by atoms with E-state index in [1.165, 1.54) is 4.90 Å². The van der Waals surface area contributed by atoms with Gasteiger partial charge in [-0.05, 0) is 80.5 Å². The molecule has 6 heteroatoms. The van der Waals surface area contributed by atoms with Crippen molar-refractivity contribution in [3.8, 4) is 0 Å². The molecule has 0 saturated carbocycles. The van der Waals surface area contributed by atoms with Crippen molar-refractivity contribution in [3.63, 3.8) is 0 Å². The zero-order valence-electron chi connectivity index (χ0n) is 13.1. The van der Waals surface area contributed by atoms with Gasteiger partial charge in [0.1, 0.15) is 11.6 Å². The van der Waals surface area contributed by atoms with Gasteiger partial charge >= 0.3 is 6.09 Å². The molecule has 0 radical (unpaired) electrons. The minimum atomic E-state index is -0.559. The fourth-order valence-electron chi connectivity index (χ4n) is 2.34. The second-order valence-corrected chi connectivity index (χ2v) is 7.57. The van der Waals surface area contributed by atoms with Gasteiger partial charge < -0.3 is 10.1 Å². The summed E-state index contributed by atoms with van der Waals surface area (Å²) < 4.78 is 6.48. The molecule has 0 aromatic heterocycles. The van der Waals surface area contributed by atoms with Crippen LogP contribution in [0, 0.1) is 3.57 Å². The molecule has 0 aliphatic carbocycles. The summed E-state index contributed by atoms with van der Waals surface area (Å²) in [6, 6.07) is 7.10. The fraction of sp³-hybridized carbons (Fsp3) is 0.500. The lowest BCUT2D eigenvalue weighted by atomic mass is 10.2. The van der Waals surface area contributed by atoms with Gasteiger partial charge in [0.25, 0.3) is 0 Å². The van der Waals surface area contributed by atoms with Crippen molar-refractivity contribution in [1.82, 2.24) is 4.90 Å². The summed E-state index contributed by atoms with van der Waals surface area (Å²) in [7, 11) is 0. The number of nitrogens with one attached hydrogen (secondary N) is 1. The number of ether oxygens (including phenoxy) is 1. The van der Waals surface area contributed by atoms with Crippen molar-refractivity contribution in [2.24, 2.45) is 0 Å². The van der Waals surface area contributed by atoms with E-state index in [4.69, 9.17) is 4.74 Å². The number of nitrogens with zero attached hydrogens (tertiary/aromatic N) is 1. The predicted octanol–water partition coefficient (Wildman–Crippen LogP) is 3.63. The highest BCUT2D eigenvalue weighted by atomic mass is 127. The molecule has 1 heterocycles. The first-order valence-electron chi connectivity index (χ1n) is 7.32. The Morgan fingerprint density at radius 1 is 1.27 bits per heavy atom. The normalized spacial score (nSPS) is 18.2. The maximum atomic E-state index is 12.4. The van der Waals surface area contributed by atoms with Crippen LogP contribution in [0.1, 0.15) is 33.6 Å². The van der Waals surface area contributed by atoms with Crippen molar-refractivity contribution in [3.05, 3.63) is 27.8 Å². The number of amides is 2. The van der Waals surface area contributed by atoms with Gasteiger partial charge in [-0.3, -0.25) is 9.69 Å². The molecule has 1 atom stereocenters. The molecule has 0 spiro atoms. The van der Waals surface area contributed by atoms with Gasteiger partial charge in [-0.15, -0.1) is 0 Å². The number of halogens is 1. The number of benzene rings is 1. The third kappa shape index (κ3) is 4.59. The molecule has 1 aliphatic rings. The summed E-state index contributed by atoms with van der Waals surface area (Å²) in [6.07, 6.45) is 1.05. The van der Waals surface area contributed by atoms with Crippen molar-refractivity contribution >= 4 is 40.3 Å². The van der Waals surface area contributed by atoms with Crippen LogP contribution in [0.2, 0.25) is 0 Å². The minimum absolute atomic E-state index is 0.162. The maximum Gasteiger partial charge on any atom is 0.410 e. The van der Waals surface area contributed by atoms with Crippen LogP contribution in [-0.4, -0.2) is 35.1 Å². The highest BCUT2D eigenvalue weighted by molar-refractivity contribution is 14.1. The SMILES string of the molecule is CC(C)(C)OC(=O)N1CCC[C@H]1C(=O)Nc1ccc(I)cc1. The quantitative estimate of drug-likeness (QED) is 0.750. The summed E-state index contributed by atoms with van der Waals surface area (Å²) >= 11 is 2.21. The average Bonchev–Trinajstić information content (AvgIpc) is 2.89. The average molecular weight is 416 g/mol. The van der Waals surface area contributed by atoms with E-state index in [9.17, 15) is 9.59 Å². The smallest absolute Gasteiger partial charge is 0.410 e. The van der Waals surface area contributed by atoms with E-state index in [0.29, 0.717) is 13.0 Å². The summed E-state index contributed by atoms with van der Waals surface area (Å²) in [4.78, 5) is 26.1. The first-order valence-corrected chi connectivity index (χ1v) is 8.40. The number of anilines is 1. The third-order valence-electron chi connectivity index (χ3n) is 3.30. The molecule has 2 rings (SSSR count). The molecule has 1 N–H and O–H groups in total. The third-order valence-corrected chi connectivity index (χ3v) is 4.01. The number of hydrogen-bond acceptors (Lipinski definition) is 3. The fourth-order valence-corrected chi connectivity index (χ4v) is 2.70. The molecule has 22 heavy (non-hydrogen) atoms. The van der Waals surface area contributed by atoms with Crippen LogP contribution in [-0.2, 0) is 9.53 Å². The number of carbonyl (C=O) groups excluding carboxylic acids is 2. The molecule has 120 valence electrons. The van der Waals surface area contributed by atoms with E-state index in [1.54, 1.807) is 0 Å². The molecule has 0 bridgehead atoms. The van der Waals surface area contributed by atoms with Gasteiger partial charge in [0, 0.05) is 15.8 Å². The Bertz CT molecular complexity index is 552. The van der Waals surface area contributed by atoms with Crippen LogP contribution >= 0.6 is 22.6 Å². The minimum Gasteiger partial charge on any atom is -0.444 e. The van der Waals surface area contributed by atoms with Crippen LogP contribution in [0.3, 0.4) is 0 Å². The zero-order valence-corrected chi connectivity index (χ0v) is 15.2. The van der Waals surface area contributed by atoms with Crippen LogP contribution in [0.5, 0.6) is 0 Å². The summed E-state index contributed by atoms with van der Waals surface area (Å²) in [5.74, 6) is -0.162. The van der Waals surface area contributed by atoms with Crippen LogP contribution in [0.25, 0.3) is 0 Å². The number of hydrogen-bond donors (Lipinski definition) is 1. The van der Waals surface area contributed by atoms with Gasteiger partial charge in [-0.1, -0.05) is 0 Å². The maximum absolute atomic E-state index is 12.4. The van der Waals surface area contributed by atoms with Crippen molar-refractivity contribution in [2.75, 3.05) is 11.9 Å². The van der Waals surface area contributed by atoms with E-state index in [2.05, 4.69) is 27.9 Å². The first kappa shape index (κ1) is 17.1. The molecular weight excluding hydrogens is 395 g/mol. The van der Waals surface area contributed by atoms with Crippen molar-refractivity contribution < 1.29 is 14.3 Å². The molecule has 1 fully saturated rings. The number of carbonyl (C=O) groups is 2. The Balaban J connectivity index is 2.01. The molecule has 1 saturated heterocycles. The Kier molecular flexibility index (Phi) is 5.31. The predicted molar refractivity (Wildman–Crippen MR) is 93.8 cm³/mol. The number of rotatable bonds is 2. The lowest BCUT2D eigenvalue weighted by Gasteiger charge is -2.28. The molecular formula is C16H21IN2O3. The lowest BCUT2D eigenvalue weighted by molar-refractivity contribution is -0.120. The van der Waals surface area contributed by atoms with Gasteiger partial charge in [-0.2, -0.15) is 0 Å². The Morgan fingerprint density at radius 2 is 1.91 bits per heavy atom. The van der Waals surface area contributed by atoms with Gasteiger partial charge in [0.2, 0.25) is 5.91 Å². The van der Waals surface area contributed by atoms with Gasteiger partial charge in [0.05, 0.1) is 0 Å². The van der Waals surface area contributed by atoms with E-state index in [1.807, 2.05) is 45.0 Å². The topological polar surface area (TPSA) is 58.6 Å². The Hall–Kier alpha value is -1.31. The largest absolute Gasteiger partial charge is 0.444 e. The van der Waals surface area contributed by atoms with Crippen molar-refractivity contribution in [1.29, 1.82) is 0 Å². The van der Waals surface area contributed by atoms with E-state index < -0.39 is 17.7 Å². The molecule has 2 amide bonds. The van der Waals surface area contributed by atoms with E-state index in [0.717, 1.165) is 15.7 Å². The summed E-state index contributed by atoms with van der Waals surface area (Å²) in [5, 5.41) is 2.87. The Labute approximate surface area is 144 Å². The van der Waals surface area contributed by atoms with Crippen LogP contribution in [0.4, 0.5) is 10.5 Å². The molecule has 5 nitrogen and oxygen atoms in total. The monoisotopic (exact) mass is 416 g/mol. The lowest BCUT2D eigenvalue weighted by Crippen LogP contribution is -2.45. The van der Waals surface area contributed by atoms with E-state index in [-0.39, 0.29) is 5.91 Å². The van der Waals surface area contributed by atoms with E-state index >= 15 is 0 Å². The van der Waals surface area contributed by atoms with Crippen molar-refractivity contribution in [2.45, 2.75) is 45.3 Å². The molecule has 1 aromatic rings. The van der Waals surface area contributed by atoms with Gasteiger partial charge in [-0.25, -0.2) is 4.79 Å². The molecule has 1 aromatic carbocycles. The highest BCUT2D eigenvalue weighted by Gasteiger charge is 2.36. The van der Waals surface area contributed by atoms with Gasteiger partial charge in [0.15, 0.2) is 0 Å². The molecule has 0 unspecified atom stereocenters. The summed E-state index contributed by atoms with van der Waals surface area (Å²) in [5.41, 5.74) is 0.179. The molecule has 1 aliphatic heterocycles. The highest BCUT2D eigenvalue weighted by Crippen LogP contribution is 2.22. The second-order valence-electron chi connectivity index (χ2n) is 6.33. The number of likely N-dealkylation sites (tertiary alicyclic amines) is 1. The second kappa shape index (κ2) is 6.85. The standard InChI is InChI=1S/C16H21IN2O3/c1-16(2,3)22-15(21)19-10-4-5-13(19)14(20)18-12-8-6-11(17)7-9-12/h6-9,13H,4-5,10H2,1-3H3,(H,18,20)/t13-/m0/s1. The Morgan fingerprint density at radius 3 is 2.50 bits per heavy atom. The zero-order chi connectivity index (χ0) is 16.3. The summed E-state index contributed by atoms with van der Waals surface area (Å²) in [6.45, 7) is 6.02.